The Hall–Kier alpha value is -0.250. The second-order valence-electron chi connectivity index (χ2n) is 1.79. The van der Waals surface area contributed by atoms with Crippen LogP contribution in [0.3, 0.4) is 0 Å². The van der Waals surface area contributed by atoms with E-state index in [1.165, 1.54) is 0 Å². The summed E-state index contributed by atoms with van der Waals surface area (Å²) in [5, 5.41) is 16.2. The molecule has 0 saturated carbocycles. The van der Waals surface area contributed by atoms with E-state index in [0.717, 1.165) is 14.4 Å². The zero-order chi connectivity index (χ0) is 8.81. The Morgan fingerprint density at radius 2 is 2.25 bits per heavy atom. The molecule has 0 bridgehead atoms. The molecule has 0 aromatic carbocycles. The Morgan fingerprint density at radius 1 is 1.50 bits per heavy atom. The smallest absolute Gasteiger partial charge is 0.175 e. The number of thioether (sulfide) groups is 2. The highest BCUT2D eigenvalue weighted by Crippen LogP contribution is 2.27. The van der Waals surface area contributed by atoms with Gasteiger partial charge in [-0.3, -0.25) is 0 Å². The number of hydrogen-bond donors (Lipinski definition) is 0. The van der Waals surface area contributed by atoms with Crippen LogP contribution in [0.15, 0.2) is 8.68 Å². The summed E-state index contributed by atoms with van der Waals surface area (Å²) in [7, 11) is 0. The minimum Gasteiger partial charge on any atom is -0.198 e. The van der Waals surface area contributed by atoms with Crippen LogP contribution in [0.2, 0.25) is 0 Å². The quantitative estimate of drug-likeness (QED) is 0.572. The van der Waals surface area contributed by atoms with Crippen molar-refractivity contribution in [2.45, 2.75) is 15.1 Å². The Morgan fingerprint density at radius 3 is 2.83 bits per heavy atom. The fourth-order valence-electron chi connectivity index (χ4n) is 0.522. The zero-order valence-electron chi connectivity index (χ0n) is 6.48. The van der Waals surface area contributed by atoms with E-state index < -0.39 is 0 Å². The SMILES string of the molecule is CSc1nnc(SCCC#N)s1. The first kappa shape index (κ1) is 9.84. The van der Waals surface area contributed by atoms with Crippen LogP contribution in [0.25, 0.3) is 0 Å². The summed E-state index contributed by atoms with van der Waals surface area (Å²) in [6, 6.07) is 2.09. The van der Waals surface area contributed by atoms with Gasteiger partial charge in [0, 0.05) is 12.2 Å². The fraction of sp³-hybridized carbons (Fsp3) is 0.500. The molecule has 0 N–H and O–H groups in total. The predicted octanol–water partition coefficient (Wildman–Crippen LogP) is 2.27. The van der Waals surface area contributed by atoms with E-state index in [4.69, 9.17) is 5.26 Å². The molecular formula is C6H7N3S3. The standard InChI is InChI=1S/C6H7N3S3/c1-10-5-8-9-6(12-5)11-4-2-3-7/h2,4H2,1H3. The molecule has 64 valence electrons. The van der Waals surface area contributed by atoms with Crippen molar-refractivity contribution in [1.82, 2.24) is 10.2 Å². The third-order valence-corrected chi connectivity index (χ3v) is 4.04. The van der Waals surface area contributed by atoms with Crippen LogP contribution in [0.4, 0.5) is 0 Å². The number of hydrogen-bond acceptors (Lipinski definition) is 6. The maximum atomic E-state index is 8.30. The van der Waals surface area contributed by atoms with Gasteiger partial charge in [0.25, 0.3) is 0 Å². The zero-order valence-corrected chi connectivity index (χ0v) is 8.93. The van der Waals surface area contributed by atoms with Crippen molar-refractivity contribution in [2.75, 3.05) is 12.0 Å². The van der Waals surface area contributed by atoms with Crippen molar-refractivity contribution >= 4 is 34.9 Å². The van der Waals surface area contributed by atoms with Gasteiger partial charge < -0.3 is 0 Å². The normalized spacial score (nSPS) is 9.67. The Kier molecular flexibility index (Phi) is 4.43. The molecule has 0 aliphatic rings. The van der Waals surface area contributed by atoms with Crippen molar-refractivity contribution in [1.29, 1.82) is 5.26 Å². The lowest BCUT2D eigenvalue weighted by Gasteiger charge is -1.87. The number of nitrogens with zero attached hydrogens (tertiary/aromatic N) is 3. The van der Waals surface area contributed by atoms with E-state index in [1.807, 2.05) is 6.26 Å². The molecule has 1 heterocycles. The number of aromatic nitrogens is 2. The second-order valence-corrected chi connectivity index (χ2v) is 5.17. The van der Waals surface area contributed by atoms with Crippen molar-refractivity contribution in [3.63, 3.8) is 0 Å². The van der Waals surface area contributed by atoms with E-state index in [-0.39, 0.29) is 0 Å². The molecule has 0 aliphatic carbocycles. The molecule has 0 unspecified atom stereocenters. The highest BCUT2D eigenvalue weighted by molar-refractivity contribution is 8.02. The van der Waals surface area contributed by atoms with Gasteiger partial charge in [0.05, 0.1) is 6.07 Å². The average Bonchev–Trinajstić information content (AvgIpc) is 2.53. The molecule has 1 aromatic rings. The lowest BCUT2D eigenvalue weighted by atomic mass is 10.6. The molecule has 3 nitrogen and oxygen atoms in total. The summed E-state index contributed by atoms with van der Waals surface area (Å²) < 4.78 is 1.93. The van der Waals surface area contributed by atoms with Crippen LogP contribution in [-0.4, -0.2) is 22.2 Å². The summed E-state index contributed by atoms with van der Waals surface area (Å²) in [5.41, 5.74) is 0. The lowest BCUT2D eigenvalue weighted by Crippen LogP contribution is -1.75. The van der Waals surface area contributed by atoms with Gasteiger partial charge in [-0.15, -0.1) is 10.2 Å². The number of nitriles is 1. The van der Waals surface area contributed by atoms with Crippen LogP contribution in [0.5, 0.6) is 0 Å². The van der Waals surface area contributed by atoms with Gasteiger partial charge in [0.15, 0.2) is 8.68 Å². The average molecular weight is 217 g/mol. The van der Waals surface area contributed by atoms with Gasteiger partial charge in [-0.1, -0.05) is 34.9 Å². The predicted molar refractivity (Wildman–Crippen MR) is 52.6 cm³/mol. The molecule has 1 aromatic heterocycles. The van der Waals surface area contributed by atoms with Crippen molar-refractivity contribution < 1.29 is 0 Å². The van der Waals surface area contributed by atoms with Crippen LogP contribution >= 0.6 is 34.9 Å². The lowest BCUT2D eigenvalue weighted by molar-refractivity contribution is 0.955. The third kappa shape index (κ3) is 3.01. The van der Waals surface area contributed by atoms with Gasteiger partial charge in [0.1, 0.15) is 0 Å². The molecule has 1 rings (SSSR count). The molecule has 0 fully saturated rings. The van der Waals surface area contributed by atoms with E-state index in [2.05, 4.69) is 16.3 Å². The van der Waals surface area contributed by atoms with Crippen molar-refractivity contribution in [2.24, 2.45) is 0 Å². The summed E-state index contributed by atoms with van der Waals surface area (Å²) in [6.45, 7) is 0. The summed E-state index contributed by atoms with van der Waals surface area (Å²) in [4.78, 5) is 0. The van der Waals surface area contributed by atoms with Crippen molar-refractivity contribution in [3.8, 4) is 6.07 Å². The topological polar surface area (TPSA) is 49.6 Å². The third-order valence-electron chi connectivity index (χ3n) is 1.00. The minimum absolute atomic E-state index is 0.568. The van der Waals surface area contributed by atoms with Crippen molar-refractivity contribution in [3.05, 3.63) is 0 Å². The van der Waals surface area contributed by atoms with E-state index in [0.29, 0.717) is 6.42 Å². The number of rotatable bonds is 4. The van der Waals surface area contributed by atoms with E-state index in [9.17, 15) is 0 Å². The second kappa shape index (κ2) is 5.41. The highest BCUT2D eigenvalue weighted by Gasteiger charge is 2.02. The Balaban J connectivity index is 2.37. The van der Waals surface area contributed by atoms with Gasteiger partial charge in [-0.2, -0.15) is 5.26 Å². The first-order valence-corrected chi connectivity index (χ1v) is 6.26. The molecule has 0 atom stereocenters. The molecule has 0 saturated heterocycles. The van der Waals surface area contributed by atoms with Crippen LogP contribution < -0.4 is 0 Å². The van der Waals surface area contributed by atoms with Gasteiger partial charge in [-0.25, -0.2) is 0 Å². The summed E-state index contributed by atoms with van der Waals surface area (Å²) in [5.74, 6) is 0.805. The van der Waals surface area contributed by atoms with Crippen LogP contribution in [0.1, 0.15) is 6.42 Å². The first-order chi connectivity index (χ1) is 5.86. The summed E-state index contributed by atoms with van der Waals surface area (Å²) >= 11 is 4.76. The monoisotopic (exact) mass is 217 g/mol. The van der Waals surface area contributed by atoms with E-state index in [1.54, 1.807) is 34.9 Å². The fourth-order valence-corrected chi connectivity index (χ4v) is 2.87. The van der Waals surface area contributed by atoms with E-state index >= 15 is 0 Å². The molecule has 0 spiro atoms. The van der Waals surface area contributed by atoms with Gasteiger partial charge in [0.2, 0.25) is 0 Å². The minimum atomic E-state index is 0.568. The van der Waals surface area contributed by atoms with Gasteiger partial charge >= 0.3 is 0 Å². The molecule has 0 aliphatic heterocycles. The highest BCUT2D eigenvalue weighted by atomic mass is 32.2. The molecule has 12 heavy (non-hydrogen) atoms. The Bertz CT molecular complexity index is 278. The van der Waals surface area contributed by atoms with Gasteiger partial charge in [-0.05, 0) is 6.26 Å². The summed E-state index contributed by atoms with van der Waals surface area (Å²) in [6.07, 6.45) is 2.54. The largest absolute Gasteiger partial charge is 0.198 e. The van der Waals surface area contributed by atoms with Crippen LogP contribution in [0, 0.1) is 11.3 Å². The van der Waals surface area contributed by atoms with Crippen LogP contribution in [-0.2, 0) is 0 Å². The Labute approximate surface area is 83.6 Å². The molecule has 0 radical (unpaired) electrons. The maximum absolute atomic E-state index is 8.30. The molecular weight excluding hydrogens is 210 g/mol. The molecule has 0 amide bonds. The molecule has 6 heteroatoms. The first-order valence-electron chi connectivity index (χ1n) is 3.24. The maximum Gasteiger partial charge on any atom is 0.175 e.